The van der Waals surface area contributed by atoms with Gasteiger partial charge in [0.25, 0.3) is 5.91 Å². The van der Waals surface area contributed by atoms with Crippen molar-refractivity contribution in [2.24, 2.45) is 0 Å². The van der Waals surface area contributed by atoms with Crippen LogP contribution in [0.2, 0.25) is 15.1 Å². The Morgan fingerprint density at radius 2 is 1.76 bits per heavy atom. The molecule has 0 radical (unpaired) electrons. The molecule has 0 aliphatic carbocycles. The molecule has 0 fully saturated rings. The molecular weight excluding hydrogens is 489 g/mol. The fourth-order valence-electron chi connectivity index (χ4n) is 3.56. The van der Waals surface area contributed by atoms with Gasteiger partial charge in [0, 0.05) is 5.69 Å². The number of fused-ring (bicyclic) bond motifs is 1. The first-order chi connectivity index (χ1) is 15.8. The van der Waals surface area contributed by atoms with Crippen molar-refractivity contribution in [3.8, 4) is 5.75 Å². The Hall–Kier alpha value is -3.26. The molecule has 168 valence electrons. The highest BCUT2D eigenvalue weighted by atomic mass is 35.5. The van der Waals surface area contributed by atoms with Crippen LogP contribution in [-0.4, -0.2) is 31.6 Å². The molecule has 10 heteroatoms. The summed E-state index contributed by atoms with van der Waals surface area (Å²) in [5.74, 6) is -2.16. The Labute approximate surface area is 203 Å². The summed E-state index contributed by atoms with van der Waals surface area (Å²) in [7, 11) is 0. The lowest BCUT2D eigenvalue weighted by Crippen LogP contribution is -2.15. The van der Waals surface area contributed by atoms with Crippen LogP contribution in [0.4, 0.5) is 5.69 Å². The van der Waals surface area contributed by atoms with Crippen molar-refractivity contribution in [3.63, 3.8) is 0 Å². The van der Waals surface area contributed by atoms with E-state index in [4.69, 9.17) is 34.8 Å². The molecule has 0 spiro atoms. The van der Waals surface area contributed by atoms with Gasteiger partial charge in [-0.1, -0.05) is 65.1 Å². The van der Waals surface area contributed by atoms with Gasteiger partial charge < -0.3 is 20.1 Å². The second-order valence-electron chi connectivity index (χ2n) is 7.21. The Balaban J connectivity index is 1.73. The number of phenols is 1. The molecule has 4 aromatic rings. The third-order valence-electron chi connectivity index (χ3n) is 5.09. The van der Waals surface area contributed by atoms with Crippen LogP contribution >= 0.6 is 34.8 Å². The van der Waals surface area contributed by atoms with Gasteiger partial charge in [-0.25, -0.2) is 4.98 Å². The van der Waals surface area contributed by atoms with E-state index in [9.17, 15) is 19.8 Å². The van der Waals surface area contributed by atoms with Crippen LogP contribution in [0.1, 0.15) is 28.4 Å². The van der Waals surface area contributed by atoms with Crippen molar-refractivity contribution < 1.29 is 19.8 Å². The van der Waals surface area contributed by atoms with Gasteiger partial charge in [-0.05, 0) is 29.8 Å². The number of nitrogens with one attached hydrogen (secondary N) is 1. The summed E-state index contributed by atoms with van der Waals surface area (Å²) < 4.78 is 1.75. The first kappa shape index (κ1) is 22.9. The van der Waals surface area contributed by atoms with Crippen molar-refractivity contribution in [1.29, 1.82) is 0 Å². The zero-order valence-corrected chi connectivity index (χ0v) is 19.1. The van der Waals surface area contributed by atoms with Crippen LogP contribution in [0.5, 0.6) is 5.75 Å². The van der Waals surface area contributed by atoms with E-state index in [-0.39, 0.29) is 27.1 Å². The topological polar surface area (TPSA) is 104 Å². The van der Waals surface area contributed by atoms with E-state index in [0.717, 1.165) is 5.56 Å². The molecular formula is C23H16Cl3N3O4. The molecule has 0 saturated heterocycles. The van der Waals surface area contributed by atoms with Gasteiger partial charge in [0.15, 0.2) is 0 Å². The summed E-state index contributed by atoms with van der Waals surface area (Å²) in [6.45, 7) is 0. The first-order valence-electron chi connectivity index (χ1n) is 9.67. The number of aliphatic carboxylic acids is 1. The molecule has 33 heavy (non-hydrogen) atoms. The summed E-state index contributed by atoms with van der Waals surface area (Å²) in [5, 5.41) is 22.1. The van der Waals surface area contributed by atoms with Gasteiger partial charge >= 0.3 is 5.97 Å². The minimum absolute atomic E-state index is 0.0255. The number of anilines is 1. The number of amides is 1. The number of carbonyl (C=O) groups is 2. The lowest BCUT2D eigenvalue weighted by Gasteiger charge is -2.18. The fourth-order valence-corrected chi connectivity index (χ4v) is 4.25. The third kappa shape index (κ3) is 4.61. The predicted molar refractivity (Wildman–Crippen MR) is 128 cm³/mol. The molecule has 0 aliphatic rings. The smallest absolute Gasteiger partial charge is 0.305 e. The first-order valence-corrected chi connectivity index (χ1v) is 10.8. The average Bonchev–Trinajstić information content (AvgIpc) is 3.20. The fraction of sp³-hybridized carbons (Fsp3) is 0.0870. The molecule has 1 aromatic heterocycles. The van der Waals surface area contributed by atoms with E-state index in [0.29, 0.717) is 16.7 Å². The summed E-state index contributed by atoms with van der Waals surface area (Å²) in [5.41, 5.74) is 2.16. The SMILES string of the molecule is O=C(O)CC(c1ccccc1)n1cnc2ccc(NC(=O)c3c(O)c(Cl)cc(Cl)c3Cl)cc21. The molecule has 1 heterocycles. The number of imidazole rings is 1. The third-order valence-corrected chi connectivity index (χ3v) is 6.17. The minimum Gasteiger partial charge on any atom is -0.505 e. The molecule has 0 saturated carbocycles. The van der Waals surface area contributed by atoms with E-state index >= 15 is 0 Å². The highest BCUT2D eigenvalue weighted by molar-refractivity contribution is 6.46. The van der Waals surface area contributed by atoms with Gasteiger partial charge in [-0.15, -0.1) is 0 Å². The van der Waals surface area contributed by atoms with E-state index in [1.165, 1.54) is 6.07 Å². The minimum atomic E-state index is -0.960. The van der Waals surface area contributed by atoms with Gasteiger partial charge in [-0.3, -0.25) is 9.59 Å². The quantitative estimate of drug-likeness (QED) is 0.279. The molecule has 1 atom stereocenters. The number of aromatic hydroxyl groups is 1. The standard InChI is InChI=1S/C23H16Cl3N3O4/c24-14-9-15(25)22(32)20(21(14)26)23(33)28-13-6-7-16-18(8-13)29(11-27-16)17(10-19(30)31)12-4-2-1-3-5-12/h1-9,11,17,32H,10H2,(H,28,33)(H,30,31). The van der Waals surface area contributed by atoms with Gasteiger partial charge in [0.05, 0.1) is 44.9 Å². The zero-order valence-electron chi connectivity index (χ0n) is 16.8. The zero-order chi connectivity index (χ0) is 23.7. The molecule has 0 aliphatic heterocycles. The maximum absolute atomic E-state index is 12.8. The maximum atomic E-state index is 12.8. The van der Waals surface area contributed by atoms with E-state index in [1.54, 1.807) is 29.1 Å². The van der Waals surface area contributed by atoms with Crippen molar-refractivity contribution >= 4 is 63.4 Å². The highest BCUT2D eigenvalue weighted by Gasteiger charge is 2.23. The number of benzene rings is 3. The Morgan fingerprint density at radius 1 is 1.03 bits per heavy atom. The summed E-state index contributed by atoms with van der Waals surface area (Å²) in [6, 6.07) is 14.9. The largest absolute Gasteiger partial charge is 0.505 e. The second-order valence-corrected chi connectivity index (χ2v) is 8.40. The number of carbonyl (C=O) groups excluding carboxylic acids is 1. The van der Waals surface area contributed by atoms with Crippen LogP contribution < -0.4 is 5.32 Å². The number of halogens is 3. The Morgan fingerprint density at radius 3 is 2.45 bits per heavy atom. The average molecular weight is 505 g/mol. The number of hydrogen-bond donors (Lipinski definition) is 3. The van der Waals surface area contributed by atoms with Crippen molar-refractivity contribution in [3.05, 3.63) is 87.1 Å². The number of nitrogens with zero attached hydrogens (tertiary/aromatic N) is 2. The molecule has 1 amide bonds. The number of hydrogen-bond acceptors (Lipinski definition) is 4. The van der Waals surface area contributed by atoms with Crippen LogP contribution in [0.3, 0.4) is 0 Å². The van der Waals surface area contributed by atoms with Crippen molar-refractivity contribution in [2.45, 2.75) is 12.5 Å². The summed E-state index contributed by atoms with van der Waals surface area (Å²) in [4.78, 5) is 28.8. The van der Waals surface area contributed by atoms with Crippen LogP contribution in [0, 0.1) is 0 Å². The molecule has 3 N–H and O–H groups in total. The lowest BCUT2D eigenvalue weighted by molar-refractivity contribution is -0.137. The van der Waals surface area contributed by atoms with Gasteiger partial charge in [-0.2, -0.15) is 0 Å². The number of carboxylic acid groups (broad SMARTS) is 1. The van der Waals surface area contributed by atoms with Gasteiger partial charge in [0.1, 0.15) is 11.3 Å². The Bertz CT molecular complexity index is 1350. The number of rotatable bonds is 6. The summed E-state index contributed by atoms with van der Waals surface area (Å²) >= 11 is 18.0. The number of carboxylic acids is 1. The highest BCUT2D eigenvalue weighted by Crippen LogP contribution is 2.39. The van der Waals surface area contributed by atoms with Crippen LogP contribution in [-0.2, 0) is 4.79 Å². The van der Waals surface area contributed by atoms with Crippen LogP contribution in [0.15, 0.2) is 60.9 Å². The number of aromatic nitrogens is 2. The van der Waals surface area contributed by atoms with Crippen molar-refractivity contribution in [2.75, 3.05) is 5.32 Å². The second kappa shape index (κ2) is 9.31. The molecule has 3 aromatic carbocycles. The molecule has 0 bridgehead atoms. The lowest BCUT2D eigenvalue weighted by atomic mass is 10.0. The summed E-state index contributed by atoms with van der Waals surface area (Å²) in [6.07, 6.45) is 1.41. The van der Waals surface area contributed by atoms with Crippen LogP contribution in [0.25, 0.3) is 11.0 Å². The monoisotopic (exact) mass is 503 g/mol. The maximum Gasteiger partial charge on any atom is 0.305 e. The van der Waals surface area contributed by atoms with E-state index in [1.807, 2.05) is 30.3 Å². The Kier molecular flexibility index (Phi) is 6.47. The van der Waals surface area contributed by atoms with E-state index < -0.39 is 23.7 Å². The predicted octanol–water partition coefficient (Wildman–Crippen LogP) is 6.02. The molecule has 7 nitrogen and oxygen atoms in total. The number of phenolic OH excluding ortho intramolecular Hbond substituents is 1. The van der Waals surface area contributed by atoms with Crippen molar-refractivity contribution in [1.82, 2.24) is 9.55 Å². The molecule has 1 unspecified atom stereocenters. The van der Waals surface area contributed by atoms with Gasteiger partial charge in [0.2, 0.25) is 0 Å². The van der Waals surface area contributed by atoms with E-state index in [2.05, 4.69) is 10.3 Å². The molecule has 4 rings (SSSR count). The normalized spacial score (nSPS) is 12.0.